The van der Waals surface area contributed by atoms with Gasteiger partial charge in [-0.3, -0.25) is 0 Å². The molecule has 138 heavy (non-hydrogen) atoms. The number of fused-ring (bicyclic) bond motifs is 21. The van der Waals surface area contributed by atoms with Crippen molar-refractivity contribution < 1.29 is 13.3 Å². The standard InChI is InChI=1S/C45H28N4O.2C39H24N4O/c1-3-11-29(12-4-1)30-19-21-32(22-20-30)44-46-43(31-13-5-2-6-14-31)47-45(48-44)33-23-25-34(26-24-33)49-38-17-9-7-16-37(38)41-39(49)28-27-36-35-15-8-10-18-40(35)50-42(36)41;1-3-13-25(14-4-1)37-40-38(26-15-5-2-6-16-26)42-39(41-37)30-19-8-11-21-32(30)43-31-20-10-7-18-29(31)35-33(43)24-23-28-27-17-9-12-22-34(27)44-36(28)35;1-3-12-25(13-4-1)37-40-38(26-14-5-2-6-15-26)42-39(41-37)27-16-11-17-28(24-27)43-32-20-9-7-19-31(32)35-33(43)23-22-30-29-18-8-10-21-34(29)44-36(30)35/h1-28H;2*1-24H. The summed E-state index contributed by atoms with van der Waals surface area (Å²) < 4.78 is 26.4. The maximum Gasteiger partial charge on any atom is 0.166 e. The summed E-state index contributed by atoms with van der Waals surface area (Å²) in [6.07, 6.45) is 0. The van der Waals surface area contributed by atoms with Gasteiger partial charge >= 0.3 is 0 Å². The Morgan fingerprint density at radius 1 is 0.152 bits per heavy atom. The highest BCUT2D eigenvalue weighted by molar-refractivity contribution is 6.27. The van der Waals surface area contributed by atoms with E-state index in [1.54, 1.807) is 0 Å². The molecule has 0 aliphatic heterocycles. The summed E-state index contributed by atoms with van der Waals surface area (Å²) in [5.41, 5.74) is 25.7. The van der Waals surface area contributed by atoms with E-state index in [1.165, 1.54) is 5.56 Å². The number of rotatable bonds is 13. The molecule has 9 heterocycles. The zero-order chi connectivity index (χ0) is 91.1. The van der Waals surface area contributed by atoms with Crippen LogP contribution in [0.4, 0.5) is 0 Å². The van der Waals surface area contributed by atoms with Crippen molar-refractivity contribution in [2.24, 2.45) is 0 Å². The third kappa shape index (κ3) is 14.0. The molecule has 646 valence electrons. The van der Waals surface area contributed by atoms with Crippen LogP contribution in [0.1, 0.15) is 0 Å². The van der Waals surface area contributed by atoms with Crippen LogP contribution in [0.5, 0.6) is 0 Å². The number of hydrogen-bond donors (Lipinski definition) is 0. The van der Waals surface area contributed by atoms with Crippen LogP contribution in [0, 0.1) is 0 Å². The smallest absolute Gasteiger partial charge is 0.166 e. The summed E-state index contributed by atoms with van der Waals surface area (Å²) in [5, 5.41) is 13.5. The van der Waals surface area contributed by atoms with E-state index < -0.39 is 0 Å². The molecule has 0 bridgehead atoms. The third-order valence-corrected chi connectivity index (χ3v) is 26.0. The predicted octanol–water partition coefficient (Wildman–Crippen LogP) is 31.3. The van der Waals surface area contributed by atoms with Crippen molar-refractivity contribution in [2.45, 2.75) is 0 Å². The fraction of sp³-hybridized carbons (Fsp3) is 0. The van der Waals surface area contributed by atoms with Gasteiger partial charge in [0.05, 0.1) is 54.9 Å². The van der Waals surface area contributed by atoms with E-state index in [0.29, 0.717) is 52.4 Å². The monoisotopic (exact) mass is 1770 g/mol. The van der Waals surface area contributed by atoms with Crippen molar-refractivity contribution in [1.82, 2.24) is 58.6 Å². The van der Waals surface area contributed by atoms with E-state index >= 15 is 0 Å². The van der Waals surface area contributed by atoms with Gasteiger partial charge in [-0.05, 0) is 132 Å². The largest absolute Gasteiger partial charge is 0.455 e. The van der Waals surface area contributed by atoms with Crippen LogP contribution in [0.3, 0.4) is 0 Å². The van der Waals surface area contributed by atoms with Gasteiger partial charge in [0.25, 0.3) is 0 Å². The van der Waals surface area contributed by atoms with Crippen molar-refractivity contribution in [1.29, 1.82) is 0 Å². The summed E-state index contributed by atoms with van der Waals surface area (Å²) in [6, 6.07) is 158. The summed E-state index contributed by atoms with van der Waals surface area (Å²) >= 11 is 0. The number of aromatic nitrogens is 12. The number of hydrogen-bond acceptors (Lipinski definition) is 12. The zero-order valence-electron chi connectivity index (χ0n) is 74.0. The molecule has 0 aliphatic carbocycles. The van der Waals surface area contributed by atoms with Gasteiger partial charge in [0, 0.05) is 110 Å². The fourth-order valence-corrected chi connectivity index (χ4v) is 19.6. The maximum absolute atomic E-state index is 6.52. The fourth-order valence-electron chi connectivity index (χ4n) is 19.6. The molecule has 15 nitrogen and oxygen atoms in total. The van der Waals surface area contributed by atoms with Gasteiger partial charge in [-0.2, -0.15) is 0 Å². The lowest BCUT2D eigenvalue weighted by atomic mass is 10.0. The average molecular weight is 1770 g/mol. The molecule has 0 aliphatic rings. The van der Waals surface area contributed by atoms with Crippen molar-refractivity contribution in [2.75, 3.05) is 0 Å². The van der Waals surface area contributed by atoms with E-state index in [4.69, 9.17) is 58.1 Å². The second-order valence-electron chi connectivity index (χ2n) is 34.2. The molecule has 0 saturated carbocycles. The minimum Gasteiger partial charge on any atom is -0.455 e. The van der Waals surface area contributed by atoms with Crippen molar-refractivity contribution in [3.8, 4) is 131 Å². The van der Waals surface area contributed by atoms with Crippen LogP contribution in [0.15, 0.2) is 474 Å². The third-order valence-electron chi connectivity index (χ3n) is 26.0. The summed E-state index contributed by atoms with van der Waals surface area (Å²) in [6.45, 7) is 0. The van der Waals surface area contributed by atoms with E-state index in [2.05, 4.69) is 275 Å². The molecular formula is C123H76N12O3. The molecule has 0 spiro atoms. The molecule has 0 fully saturated rings. The Kier molecular flexibility index (Phi) is 19.5. The molecule has 28 rings (SSSR count). The Morgan fingerprint density at radius 2 is 0.413 bits per heavy atom. The van der Waals surface area contributed by atoms with E-state index in [0.717, 1.165) is 204 Å². The Morgan fingerprint density at radius 3 is 0.797 bits per heavy atom. The molecule has 9 aromatic heterocycles. The van der Waals surface area contributed by atoms with Gasteiger partial charge in [0.1, 0.15) is 33.5 Å². The summed E-state index contributed by atoms with van der Waals surface area (Å²) in [4.78, 5) is 44.7. The number of furan rings is 3. The maximum atomic E-state index is 6.52. The second kappa shape index (κ2) is 33.7. The van der Waals surface area contributed by atoms with Gasteiger partial charge in [-0.15, -0.1) is 0 Å². The number of nitrogens with zero attached hydrogens (tertiary/aromatic N) is 12. The average Bonchev–Trinajstić information content (AvgIpc) is 1.59. The van der Waals surface area contributed by atoms with Crippen LogP contribution < -0.4 is 0 Å². The quantitative estimate of drug-likeness (QED) is 0.107. The minimum absolute atomic E-state index is 0.615. The molecule has 0 radical (unpaired) electrons. The summed E-state index contributed by atoms with van der Waals surface area (Å²) in [7, 11) is 0. The predicted molar refractivity (Wildman–Crippen MR) is 559 cm³/mol. The highest BCUT2D eigenvalue weighted by Crippen LogP contribution is 2.47. The highest BCUT2D eigenvalue weighted by Gasteiger charge is 2.27. The lowest BCUT2D eigenvalue weighted by Gasteiger charge is -2.14. The van der Waals surface area contributed by atoms with E-state index in [9.17, 15) is 0 Å². The Hall–Kier alpha value is -19.0. The molecule has 0 saturated heterocycles. The van der Waals surface area contributed by atoms with Crippen LogP contribution >= 0.6 is 0 Å². The number of benzene rings is 19. The van der Waals surface area contributed by atoms with Gasteiger partial charge < -0.3 is 27.0 Å². The van der Waals surface area contributed by atoms with Crippen LogP contribution in [0.25, 0.3) is 262 Å². The molecule has 0 atom stereocenters. The molecule has 28 aromatic rings. The van der Waals surface area contributed by atoms with Gasteiger partial charge in [0.2, 0.25) is 0 Å². The van der Waals surface area contributed by atoms with Gasteiger partial charge in [-0.25, -0.2) is 44.9 Å². The molecule has 0 amide bonds. The Labute approximate surface area is 789 Å². The molecule has 0 N–H and O–H groups in total. The minimum atomic E-state index is 0.615. The molecule has 0 unspecified atom stereocenters. The SMILES string of the molecule is c1ccc(-c2ccc(-c3nc(-c4ccccc4)nc(-c4ccc(-n5c6ccccc6c6c7oc8ccccc8c7ccc65)cc4)n3)cc2)cc1.c1ccc(-c2nc(-c3ccccc3)nc(-c3cccc(-n4c5ccccc5c5c6oc7ccccc7c6ccc54)c3)n2)cc1.c1ccc(-c2nc(-c3ccccc3)nc(-c3ccccc3-n3c4ccccc4c4c5oc6ccccc6c5ccc43)n2)cc1. The van der Waals surface area contributed by atoms with Crippen molar-refractivity contribution >= 4 is 131 Å². The van der Waals surface area contributed by atoms with Crippen molar-refractivity contribution in [3.63, 3.8) is 0 Å². The second-order valence-corrected chi connectivity index (χ2v) is 34.2. The van der Waals surface area contributed by atoms with Crippen LogP contribution in [0.2, 0.25) is 0 Å². The lowest BCUT2D eigenvalue weighted by Crippen LogP contribution is -2.03. The first kappa shape index (κ1) is 79.9. The van der Waals surface area contributed by atoms with Crippen molar-refractivity contribution in [3.05, 3.63) is 461 Å². The lowest BCUT2D eigenvalue weighted by molar-refractivity contribution is 0.672. The van der Waals surface area contributed by atoms with Gasteiger partial charge in [-0.1, -0.05) is 340 Å². The molecular weight excluding hydrogens is 1690 g/mol. The normalized spacial score (nSPS) is 11.6. The highest BCUT2D eigenvalue weighted by atomic mass is 16.3. The number of para-hydroxylation sites is 7. The first-order valence-corrected chi connectivity index (χ1v) is 46.0. The summed E-state index contributed by atoms with van der Waals surface area (Å²) in [5.74, 6) is 5.69. The molecule has 19 aromatic carbocycles. The van der Waals surface area contributed by atoms with E-state index in [1.807, 2.05) is 200 Å². The first-order valence-electron chi connectivity index (χ1n) is 46.0. The Bertz CT molecular complexity index is 9460. The van der Waals surface area contributed by atoms with Crippen LogP contribution in [-0.4, -0.2) is 58.6 Å². The molecule has 15 heteroatoms. The van der Waals surface area contributed by atoms with Crippen LogP contribution in [-0.2, 0) is 0 Å². The topological polar surface area (TPSA) is 170 Å². The van der Waals surface area contributed by atoms with Gasteiger partial charge in [0.15, 0.2) is 52.4 Å². The Balaban J connectivity index is 0.000000107. The zero-order valence-corrected chi connectivity index (χ0v) is 74.0. The van der Waals surface area contributed by atoms with E-state index in [-0.39, 0.29) is 0 Å². The first-order chi connectivity index (χ1) is 68.4.